The maximum absolute atomic E-state index is 12.5. The molecular formula is C19H17N3O2. The second-order valence-electron chi connectivity index (χ2n) is 5.72. The van der Waals surface area contributed by atoms with Crippen molar-refractivity contribution in [3.05, 3.63) is 71.3 Å². The molecule has 2 aromatic carbocycles. The number of hydrogen-bond acceptors (Lipinski definition) is 4. The fraction of sp³-hybridized carbons (Fsp3) is 0.211. The van der Waals surface area contributed by atoms with Gasteiger partial charge in [-0.3, -0.25) is 4.79 Å². The van der Waals surface area contributed by atoms with E-state index in [4.69, 9.17) is 10.1 Å². The lowest BCUT2D eigenvalue weighted by molar-refractivity contribution is -0.123. The third kappa shape index (κ3) is 3.44. The van der Waals surface area contributed by atoms with Gasteiger partial charge < -0.3 is 9.74 Å². The van der Waals surface area contributed by atoms with Crippen LogP contribution in [0.25, 0.3) is 0 Å². The molecule has 1 heterocycles. The Morgan fingerprint density at radius 1 is 1.29 bits per heavy atom. The van der Waals surface area contributed by atoms with Crippen LogP contribution in [0.15, 0.2) is 59.8 Å². The molecule has 2 aromatic rings. The Bertz CT molecular complexity index is 809. The van der Waals surface area contributed by atoms with Crippen molar-refractivity contribution in [2.45, 2.75) is 19.1 Å². The number of carbonyl (C=O) groups excluding carboxylic acids is 1. The summed E-state index contributed by atoms with van der Waals surface area (Å²) in [6.07, 6.45) is 0.256. The summed E-state index contributed by atoms with van der Waals surface area (Å²) in [4.78, 5) is 19.5. The van der Waals surface area contributed by atoms with Crippen LogP contribution < -0.4 is 0 Å². The van der Waals surface area contributed by atoms with Gasteiger partial charge in [0.2, 0.25) is 0 Å². The Kier molecular flexibility index (Phi) is 4.57. The summed E-state index contributed by atoms with van der Waals surface area (Å²) in [5.41, 5.74) is 2.92. The number of nitriles is 1. The van der Waals surface area contributed by atoms with Crippen molar-refractivity contribution in [2.75, 3.05) is 7.05 Å². The molecule has 0 aromatic heterocycles. The molecule has 0 saturated heterocycles. The van der Waals surface area contributed by atoms with E-state index in [1.165, 1.54) is 0 Å². The molecule has 0 aliphatic carbocycles. The number of rotatable bonds is 4. The monoisotopic (exact) mass is 319 g/mol. The highest BCUT2D eigenvalue weighted by molar-refractivity contribution is 6.38. The Morgan fingerprint density at radius 2 is 2.08 bits per heavy atom. The number of amides is 1. The first-order valence-corrected chi connectivity index (χ1v) is 7.69. The van der Waals surface area contributed by atoms with Crippen LogP contribution in [0, 0.1) is 11.3 Å². The average Bonchev–Trinajstić information content (AvgIpc) is 3.12. The first kappa shape index (κ1) is 15.8. The van der Waals surface area contributed by atoms with Crippen LogP contribution in [0.1, 0.15) is 29.2 Å². The van der Waals surface area contributed by atoms with Crippen LogP contribution in [0.5, 0.6) is 0 Å². The second kappa shape index (κ2) is 6.97. The van der Waals surface area contributed by atoms with Gasteiger partial charge in [0.05, 0.1) is 11.6 Å². The van der Waals surface area contributed by atoms with Crippen molar-refractivity contribution in [1.82, 2.24) is 4.90 Å². The fourth-order valence-electron chi connectivity index (χ4n) is 2.66. The van der Waals surface area contributed by atoms with Crippen LogP contribution >= 0.6 is 0 Å². The summed E-state index contributed by atoms with van der Waals surface area (Å²) in [6.45, 7) is 0.420. The highest BCUT2D eigenvalue weighted by atomic mass is 16.6. The normalized spacial score (nSPS) is 16.0. The van der Waals surface area contributed by atoms with Crippen LogP contribution in [0.4, 0.5) is 0 Å². The van der Waals surface area contributed by atoms with Gasteiger partial charge in [0.1, 0.15) is 5.71 Å². The maximum Gasteiger partial charge on any atom is 0.271 e. The maximum atomic E-state index is 12.5. The van der Waals surface area contributed by atoms with Gasteiger partial charge in [0.25, 0.3) is 5.91 Å². The zero-order chi connectivity index (χ0) is 16.9. The Labute approximate surface area is 140 Å². The van der Waals surface area contributed by atoms with E-state index < -0.39 is 0 Å². The Morgan fingerprint density at radius 3 is 2.83 bits per heavy atom. The van der Waals surface area contributed by atoms with Gasteiger partial charge in [-0.2, -0.15) is 5.26 Å². The predicted octanol–water partition coefficient (Wildman–Crippen LogP) is 3.03. The van der Waals surface area contributed by atoms with E-state index in [9.17, 15) is 4.79 Å². The highest BCUT2D eigenvalue weighted by Gasteiger charge is 2.29. The van der Waals surface area contributed by atoms with E-state index in [1.54, 1.807) is 24.1 Å². The first-order chi connectivity index (χ1) is 11.7. The van der Waals surface area contributed by atoms with Gasteiger partial charge in [-0.25, -0.2) is 0 Å². The van der Waals surface area contributed by atoms with Gasteiger partial charge >= 0.3 is 0 Å². The third-order valence-corrected chi connectivity index (χ3v) is 3.91. The average molecular weight is 319 g/mol. The SMILES string of the molecule is CN(Cc1cccc(C#N)c1)C(=O)C1=NO[C@H](c2ccccc2)C1. The molecule has 120 valence electrons. The van der Waals surface area contributed by atoms with E-state index in [1.807, 2.05) is 42.5 Å². The minimum Gasteiger partial charge on any atom is -0.387 e. The van der Waals surface area contributed by atoms with Crippen molar-refractivity contribution in [3.63, 3.8) is 0 Å². The summed E-state index contributed by atoms with van der Waals surface area (Å²) in [5.74, 6) is -0.157. The van der Waals surface area contributed by atoms with Gasteiger partial charge in [-0.15, -0.1) is 0 Å². The van der Waals surface area contributed by atoms with Crippen LogP contribution in [0.2, 0.25) is 0 Å². The molecule has 0 unspecified atom stereocenters. The van der Waals surface area contributed by atoms with Gasteiger partial charge in [0, 0.05) is 20.0 Å². The van der Waals surface area contributed by atoms with E-state index in [0.29, 0.717) is 24.2 Å². The first-order valence-electron chi connectivity index (χ1n) is 7.69. The lowest BCUT2D eigenvalue weighted by Gasteiger charge is -2.16. The predicted molar refractivity (Wildman–Crippen MR) is 90.0 cm³/mol. The number of hydrogen-bond donors (Lipinski definition) is 0. The van der Waals surface area contributed by atoms with E-state index in [-0.39, 0.29) is 12.0 Å². The molecule has 5 heteroatoms. The lowest BCUT2D eigenvalue weighted by Crippen LogP contribution is -2.32. The molecule has 0 saturated carbocycles. The molecule has 0 N–H and O–H groups in total. The Hall–Kier alpha value is -3.13. The molecule has 0 bridgehead atoms. The second-order valence-corrected chi connectivity index (χ2v) is 5.72. The third-order valence-electron chi connectivity index (χ3n) is 3.91. The summed E-state index contributed by atoms with van der Waals surface area (Å²) in [7, 11) is 1.72. The molecule has 1 atom stereocenters. The smallest absolute Gasteiger partial charge is 0.271 e. The van der Waals surface area contributed by atoms with Crippen molar-refractivity contribution in [2.24, 2.45) is 5.16 Å². The largest absolute Gasteiger partial charge is 0.387 e. The van der Waals surface area contributed by atoms with Gasteiger partial charge in [-0.05, 0) is 23.3 Å². The molecular weight excluding hydrogens is 302 g/mol. The van der Waals surface area contributed by atoms with Crippen molar-refractivity contribution in [3.8, 4) is 6.07 Å². The molecule has 1 aliphatic heterocycles. The van der Waals surface area contributed by atoms with Crippen LogP contribution in [-0.2, 0) is 16.2 Å². The lowest BCUT2D eigenvalue weighted by atomic mass is 10.0. The minimum absolute atomic E-state index is 0.157. The molecule has 0 fully saturated rings. The zero-order valence-corrected chi connectivity index (χ0v) is 13.3. The summed E-state index contributed by atoms with van der Waals surface area (Å²) >= 11 is 0. The topological polar surface area (TPSA) is 65.7 Å². The van der Waals surface area contributed by atoms with Gasteiger partial charge in [-0.1, -0.05) is 47.6 Å². The van der Waals surface area contributed by atoms with Crippen molar-refractivity contribution in [1.29, 1.82) is 5.26 Å². The number of nitrogens with zero attached hydrogens (tertiary/aromatic N) is 3. The van der Waals surface area contributed by atoms with E-state index in [2.05, 4.69) is 11.2 Å². The molecule has 0 radical (unpaired) electrons. The van der Waals surface area contributed by atoms with Crippen molar-refractivity contribution < 1.29 is 9.63 Å². The minimum atomic E-state index is -0.208. The molecule has 24 heavy (non-hydrogen) atoms. The van der Waals surface area contributed by atoms with Crippen LogP contribution in [-0.4, -0.2) is 23.6 Å². The highest BCUT2D eigenvalue weighted by Crippen LogP contribution is 2.27. The summed E-state index contributed by atoms with van der Waals surface area (Å²) in [6, 6.07) is 19.1. The quantitative estimate of drug-likeness (QED) is 0.870. The standard InChI is InChI=1S/C19H17N3O2/c1-22(13-15-7-5-6-14(10-15)12-20)19(23)17-11-18(24-21-17)16-8-3-2-4-9-16/h2-10,18H,11,13H2,1H3/t18-/m0/s1. The number of oxime groups is 1. The van der Waals surface area contributed by atoms with Crippen LogP contribution in [0.3, 0.4) is 0 Å². The summed E-state index contributed by atoms with van der Waals surface area (Å²) in [5, 5.41) is 12.9. The van der Waals surface area contributed by atoms with Crippen molar-refractivity contribution >= 4 is 11.6 Å². The molecule has 1 amide bonds. The molecule has 5 nitrogen and oxygen atoms in total. The Balaban J connectivity index is 1.63. The fourth-order valence-corrected chi connectivity index (χ4v) is 2.66. The van der Waals surface area contributed by atoms with E-state index >= 15 is 0 Å². The molecule has 1 aliphatic rings. The molecule has 0 spiro atoms. The summed E-state index contributed by atoms with van der Waals surface area (Å²) < 4.78 is 0. The van der Waals surface area contributed by atoms with Gasteiger partial charge in [0.15, 0.2) is 6.10 Å². The number of benzene rings is 2. The number of carbonyl (C=O) groups is 1. The zero-order valence-electron chi connectivity index (χ0n) is 13.3. The molecule has 3 rings (SSSR count). The van der Waals surface area contributed by atoms with E-state index in [0.717, 1.165) is 11.1 Å².